The van der Waals surface area contributed by atoms with Crippen molar-refractivity contribution in [1.29, 1.82) is 0 Å². The first-order valence-corrected chi connectivity index (χ1v) is 8.03. The minimum atomic E-state index is -4.70. The first-order valence-electron chi connectivity index (χ1n) is 8.03. The van der Waals surface area contributed by atoms with Gasteiger partial charge in [0.05, 0.1) is 0 Å². The Morgan fingerprint density at radius 1 is 1.17 bits per heavy atom. The van der Waals surface area contributed by atoms with Gasteiger partial charge in [0, 0.05) is 11.1 Å². The Morgan fingerprint density at radius 2 is 1.79 bits per heavy atom. The van der Waals surface area contributed by atoms with E-state index in [0.717, 1.165) is 30.5 Å². The van der Waals surface area contributed by atoms with Crippen LogP contribution < -0.4 is 5.56 Å². The summed E-state index contributed by atoms with van der Waals surface area (Å²) in [6, 6.07) is 1.39. The van der Waals surface area contributed by atoms with Gasteiger partial charge >= 0.3 is 12.1 Å². The van der Waals surface area contributed by atoms with Crippen molar-refractivity contribution in [2.75, 3.05) is 0 Å². The van der Waals surface area contributed by atoms with Crippen LogP contribution in [0.25, 0.3) is 0 Å². The summed E-state index contributed by atoms with van der Waals surface area (Å²) in [5, 5.41) is 0. The number of esters is 1. The first-order chi connectivity index (χ1) is 11.0. The fourth-order valence-electron chi connectivity index (χ4n) is 2.91. The predicted octanol–water partition coefficient (Wildman–Crippen LogP) is 3.78. The van der Waals surface area contributed by atoms with E-state index in [2.05, 4.69) is 9.72 Å². The summed E-state index contributed by atoms with van der Waals surface area (Å²) in [5.74, 6) is -1.24. The number of aromatic amines is 1. The van der Waals surface area contributed by atoms with Crippen LogP contribution in [0.2, 0.25) is 0 Å². The van der Waals surface area contributed by atoms with Crippen LogP contribution >= 0.6 is 0 Å². The molecular weight excluding hydrogens is 323 g/mol. The van der Waals surface area contributed by atoms with Gasteiger partial charge in [0.25, 0.3) is 5.56 Å². The quantitative estimate of drug-likeness (QED) is 0.655. The molecule has 1 aromatic rings. The molecule has 4 nitrogen and oxygen atoms in total. The number of H-pyrrole nitrogens is 1. The topological polar surface area (TPSA) is 59.2 Å². The maximum absolute atomic E-state index is 13.2. The monoisotopic (exact) mass is 345 g/mol. The zero-order valence-electron chi connectivity index (χ0n) is 14.0. The third kappa shape index (κ3) is 4.19. The number of rotatable bonds is 2. The lowest BCUT2D eigenvalue weighted by Gasteiger charge is -2.31. The highest BCUT2D eigenvalue weighted by Crippen LogP contribution is 2.36. The Kier molecular flexibility index (Phi) is 5.11. The Balaban J connectivity index is 2.32. The summed E-state index contributed by atoms with van der Waals surface area (Å²) in [5.41, 5.74) is -0.827. The average molecular weight is 345 g/mol. The molecule has 1 aliphatic rings. The molecule has 1 heterocycles. The summed E-state index contributed by atoms with van der Waals surface area (Å²) in [6.07, 6.45) is -2.73. The number of alkyl halides is 3. The lowest BCUT2D eigenvalue weighted by atomic mass is 9.88. The van der Waals surface area contributed by atoms with Gasteiger partial charge in [-0.1, -0.05) is 27.2 Å². The molecule has 0 amide bonds. The summed E-state index contributed by atoms with van der Waals surface area (Å²) in [6.45, 7) is 4.00. The number of aryl methyl sites for hydroxylation is 2. The smallest absolute Gasteiger partial charge is 0.426 e. The van der Waals surface area contributed by atoms with E-state index in [4.69, 9.17) is 0 Å². The number of carbonyl (C=O) groups is 1. The first kappa shape index (κ1) is 18.5. The van der Waals surface area contributed by atoms with Crippen molar-refractivity contribution in [1.82, 2.24) is 4.98 Å². The van der Waals surface area contributed by atoms with Gasteiger partial charge in [0.2, 0.25) is 6.10 Å². The molecule has 1 unspecified atom stereocenters. The molecule has 134 valence electrons. The second kappa shape index (κ2) is 6.61. The maximum atomic E-state index is 13.2. The molecule has 0 spiro atoms. The Bertz CT molecular complexity index is 657. The lowest BCUT2D eigenvalue weighted by molar-refractivity contribution is -0.231. The predicted molar refractivity (Wildman–Crippen MR) is 83.0 cm³/mol. The normalized spacial score (nSPS) is 16.9. The number of ether oxygens (including phenoxy) is 1. The van der Waals surface area contributed by atoms with Gasteiger partial charge in [-0.15, -0.1) is 0 Å². The minimum Gasteiger partial charge on any atom is -0.448 e. The van der Waals surface area contributed by atoms with Crippen LogP contribution in [0, 0.1) is 5.41 Å². The molecule has 1 N–H and O–H groups in total. The van der Waals surface area contributed by atoms with Gasteiger partial charge in [-0.3, -0.25) is 4.79 Å². The largest absolute Gasteiger partial charge is 0.448 e. The molecule has 7 heteroatoms. The van der Waals surface area contributed by atoms with Gasteiger partial charge in [0.15, 0.2) is 0 Å². The zero-order valence-corrected chi connectivity index (χ0v) is 14.0. The van der Waals surface area contributed by atoms with E-state index in [1.165, 1.54) is 26.8 Å². The van der Waals surface area contributed by atoms with E-state index < -0.39 is 29.2 Å². The second-order valence-corrected chi connectivity index (χ2v) is 7.27. The highest BCUT2D eigenvalue weighted by Gasteiger charge is 2.50. The Morgan fingerprint density at radius 3 is 2.38 bits per heavy atom. The van der Waals surface area contributed by atoms with Crippen LogP contribution in [0.4, 0.5) is 13.2 Å². The summed E-state index contributed by atoms with van der Waals surface area (Å²) in [7, 11) is 0. The molecule has 0 radical (unpaired) electrons. The molecule has 0 saturated carbocycles. The number of halogens is 3. The van der Waals surface area contributed by atoms with Gasteiger partial charge in [-0.2, -0.15) is 13.2 Å². The molecule has 0 saturated heterocycles. The van der Waals surface area contributed by atoms with Crippen molar-refractivity contribution in [3.63, 3.8) is 0 Å². The van der Waals surface area contributed by atoms with Crippen LogP contribution in [0.5, 0.6) is 0 Å². The lowest BCUT2D eigenvalue weighted by Crippen LogP contribution is -2.44. The fourth-order valence-corrected chi connectivity index (χ4v) is 2.91. The van der Waals surface area contributed by atoms with Gasteiger partial charge in [0.1, 0.15) is 5.56 Å². The third-order valence-corrected chi connectivity index (χ3v) is 4.12. The van der Waals surface area contributed by atoms with E-state index in [1.54, 1.807) is 0 Å². The Hall–Kier alpha value is -1.79. The highest BCUT2D eigenvalue weighted by atomic mass is 19.4. The van der Waals surface area contributed by atoms with Crippen molar-refractivity contribution in [2.24, 2.45) is 5.41 Å². The summed E-state index contributed by atoms with van der Waals surface area (Å²) < 4.78 is 44.2. The van der Waals surface area contributed by atoms with Crippen LogP contribution in [0.15, 0.2) is 10.9 Å². The van der Waals surface area contributed by atoms with E-state index in [1.807, 2.05) is 0 Å². The van der Waals surface area contributed by atoms with Crippen molar-refractivity contribution in [3.05, 3.63) is 33.2 Å². The van der Waals surface area contributed by atoms with Gasteiger partial charge < -0.3 is 9.72 Å². The standard InChI is InChI=1S/C17H22F3NO3/c1-16(2,3)15(17(18,19)20)24-14(23)11-9-10-7-5-4-6-8-12(10)21-13(11)22/h9,15H,4-8H2,1-3H3,(H,21,22). The number of aromatic nitrogens is 1. The van der Waals surface area contributed by atoms with Crippen molar-refractivity contribution >= 4 is 5.97 Å². The maximum Gasteiger partial charge on any atom is 0.426 e. The molecular formula is C17H22F3NO3. The van der Waals surface area contributed by atoms with Crippen LogP contribution in [0.3, 0.4) is 0 Å². The van der Waals surface area contributed by atoms with Crippen molar-refractivity contribution < 1.29 is 22.7 Å². The average Bonchev–Trinajstić information content (AvgIpc) is 2.65. The number of carbonyl (C=O) groups excluding carboxylic acids is 1. The van der Waals surface area contributed by atoms with Crippen LogP contribution in [0.1, 0.15) is 61.6 Å². The molecule has 0 aliphatic heterocycles. The number of nitrogens with one attached hydrogen (secondary N) is 1. The van der Waals surface area contributed by atoms with Gasteiger partial charge in [-0.25, -0.2) is 4.79 Å². The highest BCUT2D eigenvalue weighted by molar-refractivity contribution is 5.89. The number of pyridine rings is 1. The van der Waals surface area contributed by atoms with E-state index >= 15 is 0 Å². The summed E-state index contributed by atoms with van der Waals surface area (Å²) >= 11 is 0. The van der Waals surface area contributed by atoms with Crippen molar-refractivity contribution in [3.8, 4) is 0 Å². The van der Waals surface area contributed by atoms with E-state index in [0.29, 0.717) is 12.8 Å². The molecule has 24 heavy (non-hydrogen) atoms. The molecule has 1 atom stereocenters. The number of fused-ring (bicyclic) bond motifs is 1. The number of hydrogen-bond acceptors (Lipinski definition) is 3. The second-order valence-electron chi connectivity index (χ2n) is 7.27. The van der Waals surface area contributed by atoms with Crippen LogP contribution in [-0.2, 0) is 17.6 Å². The SMILES string of the molecule is CC(C)(C)C(OC(=O)c1cc2c([nH]c1=O)CCCCC2)C(F)(F)F. The van der Waals surface area contributed by atoms with E-state index in [-0.39, 0.29) is 5.56 Å². The molecule has 2 rings (SSSR count). The molecule has 1 aliphatic carbocycles. The molecule has 0 fully saturated rings. The fraction of sp³-hybridized carbons (Fsp3) is 0.647. The third-order valence-electron chi connectivity index (χ3n) is 4.12. The van der Waals surface area contributed by atoms with Crippen LogP contribution in [-0.4, -0.2) is 23.2 Å². The van der Waals surface area contributed by atoms with Crippen molar-refractivity contribution in [2.45, 2.75) is 65.2 Å². The Labute approximate surface area is 138 Å². The van der Waals surface area contributed by atoms with E-state index in [9.17, 15) is 22.8 Å². The molecule has 0 bridgehead atoms. The number of hydrogen-bond donors (Lipinski definition) is 1. The molecule has 1 aromatic heterocycles. The summed E-state index contributed by atoms with van der Waals surface area (Å²) in [4.78, 5) is 26.9. The van der Waals surface area contributed by atoms with Gasteiger partial charge in [-0.05, 0) is 37.3 Å². The molecule has 0 aromatic carbocycles. The minimum absolute atomic E-state index is 0.367. The zero-order chi connectivity index (χ0) is 18.1.